The molecule has 0 atom stereocenters. The zero-order valence-electron chi connectivity index (χ0n) is 17.8. The number of allylic oxidation sites excluding steroid dienone is 3. The maximum atomic E-state index is 14.8. The molecule has 0 amide bonds. The van der Waals surface area contributed by atoms with E-state index in [1.165, 1.54) is 0 Å². The fourth-order valence-corrected chi connectivity index (χ4v) is 3.14. The Morgan fingerprint density at radius 3 is 2.42 bits per heavy atom. The van der Waals surface area contributed by atoms with Crippen molar-refractivity contribution in [3.8, 4) is 17.2 Å². The van der Waals surface area contributed by atoms with Gasteiger partial charge in [0, 0.05) is 18.1 Å². The molecule has 0 aromatic heterocycles. The van der Waals surface area contributed by atoms with Gasteiger partial charge in [0.1, 0.15) is 11.3 Å². The van der Waals surface area contributed by atoms with E-state index < -0.39 is 52.2 Å². The molecule has 1 heterocycles. The number of alkyl halides is 2. The molecule has 0 fully saturated rings. The Labute approximate surface area is 186 Å². The summed E-state index contributed by atoms with van der Waals surface area (Å²) >= 11 is 0. The van der Waals surface area contributed by atoms with Gasteiger partial charge in [-0.2, -0.15) is 13.2 Å². The lowest BCUT2D eigenvalue weighted by molar-refractivity contribution is -0.187. The Kier molecular flexibility index (Phi) is 6.81. The molecule has 0 unspecified atom stereocenters. The number of benzene rings is 2. The highest BCUT2D eigenvalue weighted by atomic mass is 19.3. The molecule has 2 aromatic carbocycles. The molecule has 0 saturated heterocycles. The third kappa shape index (κ3) is 4.72. The first kappa shape index (κ1) is 24.3. The van der Waals surface area contributed by atoms with E-state index in [2.05, 4.69) is 17.9 Å². The summed E-state index contributed by atoms with van der Waals surface area (Å²) in [7, 11) is 0. The molecule has 0 spiro atoms. The van der Waals surface area contributed by atoms with Gasteiger partial charge in [-0.15, -0.1) is 0 Å². The predicted octanol–water partition coefficient (Wildman–Crippen LogP) is 7.27. The Morgan fingerprint density at radius 2 is 1.82 bits per heavy atom. The Hall–Kier alpha value is -3.36. The van der Waals surface area contributed by atoms with E-state index in [1.54, 1.807) is 13.8 Å². The molecule has 1 aliphatic heterocycles. The van der Waals surface area contributed by atoms with Crippen molar-refractivity contribution in [1.82, 2.24) is 0 Å². The first-order valence-electron chi connectivity index (χ1n) is 9.94. The van der Waals surface area contributed by atoms with Crippen molar-refractivity contribution in [1.29, 1.82) is 0 Å². The molecule has 0 aliphatic carbocycles. The van der Waals surface area contributed by atoms with Crippen LogP contribution in [0.4, 0.5) is 26.3 Å². The highest BCUT2D eigenvalue weighted by molar-refractivity contribution is 5.52. The van der Waals surface area contributed by atoms with Gasteiger partial charge in [-0.05, 0) is 42.7 Å². The molecular weight excluding hydrogens is 450 g/mol. The second-order valence-corrected chi connectivity index (χ2v) is 7.17. The van der Waals surface area contributed by atoms with Gasteiger partial charge >= 0.3 is 6.11 Å². The fraction of sp³-hybridized carbons (Fsp3) is 0.250. The van der Waals surface area contributed by atoms with Crippen LogP contribution in [0.2, 0.25) is 0 Å². The number of hydrogen-bond acceptors (Lipinski definition) is 3. The van der Waals surface area contributed by atoms with Crippen LogP contribution < -0.4 is 14.2 Å². The molecule has 0 radical (unpaired) electrons. The molecule has 0 N–H and O–H groups in total. The van der Waals surface area contributed by atoms with Crippen LogP contribution in [0, 0.1) is 17.5 Å². The highest BCUT2D eigenvalue weighted by Crippen LogP contribution is 2.43. The summed E-state index contributed by atoms with van der Waals surface area (Å²) in [4.78, 5) is 0. The molecule has 0 saturated carbocycles. The molecule has 3 rings (SSSR count). The lowest BCUT2D eigenvalue weighted by atomic mass is 9.96. The molecule has 0 bridgehead atoms. The topological polar surface area (TPSA) is 27.7 Å². The second-order valence-electron chi connectivity index (χ2n) is 7.17. The van der Waals surface area contributed by atoms with Gasteiger partial charge in [0.25, 0.3) is 0 Å². The molecule has 33 heavy (non-hydrogen) atoms. The Bertz CT molecular complexity index is 1150. The maximum Gasteiger partial charge on any atom is 0.429 e. The first-order chi connectivity index (χ1) is 15.5. The van der Waals surface area contributed by atoms with Crippen molar-refractivity contribution in [3.05, 3.63) is 88.7 Å². The van der Waals surface area contributed by atoms with Crippen LogP contribution in [-0.2, 0) is 12.5 Å². The average Bonchev–Trinajstić information content (AvgIpc) is 2.76. The summed E-state index contributed by atoms with van der Waals surface area (Å²) in [5.41, 5.74) is -1.54. The zero-order valence-corrected chi connectivity index (χ0v) is 17.8. The smallest absolute Gasteiger partial charge is 0.429 e. The van der Waals surface area contributed by atoms with E-state index >= 15 is 0 Å². The van der Waals surface area contributed by atoms with E-state index in [4.69, 9.17) is 9.47 Å². The summed E-state index contributed by atoms with van der Waals surface area (Å²) in [6.07, 6.45) is -4.43. The predicted molar refractivity (Wildman–Crippen MR) is 109 cm³/mol. The summed E-state index contributed by atoms with van der Waals surface area (Å²) in [6.45, 7) is 10.5. The zero-order chi connectivity index (χ0) is 24.5. The minimum Gasteiger partial charge on any atom is -0.491 e. The van der Waals surface area contributed by atoms with Gasteiger partial charge in [-0.25, -0.2) is 13.2 Å². The van der Waals surface area contributed by atoms with Crippen molar-refractivity contribution in [2.75, 3.05) is 6.61 Å². The van der Waals surface area contributed by atoms with Crippen molar-refractivity contribution in [3.63, 3.8) is 0 Å². The Morgan fingerprint density at radius 1 is 1.12 bits per heavy atom. The standard InChI is InChI=1S/C24H20F6O3/c1-5-12(3)19(26)22-13(4)9-14-10-16(20(27)21(28)23(14)32-22)24(29,30)33-15-7-8-18(31-6-2)17(25)11-15/h7-8,10-11H,3-6,9H2,1-2H3/b22-19-. The van der Waals surface area contributed by atoms with Crippen LogP contribution in [0.1, 0.15) is 31.4 Å². The van der Waals surface area contributed by atoms with Crippen LogP contribution in [0.25, 0.3) is 0 Å². The van der Waals surface area contributed by atoms with Crippen molar-refractivity contribution in [2.24, 2.45) is 0 Å². The maximum absolute atomic E-state index is 14.8. The summed E-state index contributed by atoms with van der Waals surface area (Å²) < 4.78 is 102. The van der Waals surface area contributed by atoms with Gasteiger partial charge in [0.05, 0.1) is 6.61 Å². The average molecular weight is 470 g/mol. The van der Waals surface area contributed by atoms with Crippen LogP contribution in [0.3, 0.4) is 0 Å². The van der Waals surface area contributed by atoms with E-state index in [-0.39, 0.29) is 41.9 Å². The molecule has 176 valence electrons. The number of rotatable bonds is 7. The van der Waals surface area contributed by atoms with Gasteiger partial charge in [-0.3, -0.25) is 0 Å². The van der Waals surface area contributed by atoms with E-state index in [0.29, 0.717) is 12.1 Å². The molecular formula is C24H20F6O3. The monoisotopic (exact) mass is 470 g/mol. The lowest BCUT2D eigenvalue weighted by Crippen LogP contribution is -2.25. The summed E-state index contributed by atoms with van der Waals surface area (Å²) in [6, 6.07) is 3.35. The van der Waals surface area contributed by atoms with Gasteiger partial charge < -0.3 is 14.2 Å². The minimum atomic E-state index is -4.38. The third-order valence-corrected chi connectivity index (χ3v) is 4.87. The highest BCUT2D eigenvalue weighted by Gasteiger charge is 2.42. The normalized spacial score (nSPS) is 15.0. The minimum absolute atomic E-state index is 0.0318. The molecule has 9 heteroatoms. The van der Waals surface area contributed by atoms with E-state index in [0.717, 1.165) is 12.1 Å². The SMILES string of the molecule is C=C(CC)/C(F)=C1/Oc2c(cc(C(F)(F)Oc3ccc(OCC)c(F)c3)c(F)c2F)CC1=C. The van der Waals surface area contributed by atoms with E-state index in [9.17, 15) is 26.3 Å². The Balaban J connectivity index is 1.99. The quantitative estimate of drug-likeness (QED) is 0.399. The van der Waals surface area contributed by atoms with Gasteiger partial charge in [0.15, 0.2) is 34.7 Å². The number of ether oxygens (including phenoxy) is 3. The summed E-state index contributed by atoms with van der Waals surface area (Å²) in [5.74, 6) is -7.55. The van der Waals surface area contributed by atoms with Crippen LogP contribution in [-0.4, -0.2) is 6.61 Å². The molecule has 2 aromatic rings. The first-order valence-corrected chi connectivity index (χ1v) is 9.94. The number of hydrogen-bond donors (Lipinski definition) is 0. The second kappa shape index (κ2) is 9.25. The summed E-state index contributed by atoms with van der Waals surface area (Å²) in [5, 5.41) is 0. The van der Waals surface area contributed by atoms with E-state index in [1.807, 2.05) is 0 Å². The van der Waals surface area contributed by atoms with Crippen molar-refractivity contribution >= 4 is 0 Å². The van der Waals surface area contributed by atoms with Crippen LogP contribution >= 0.6 is 0 Å². The van der Waals surface area contributed by atoms with Gasteiger partial charge in [0.2, 0.25) is 5.82 Å². The van der Waals surface area contributed by atoms with Crippen molar-refractivity contribution < 1.29 is 40.6 Å². The lowest BCUT2D eigenvalue weighted by Gasteiger charge is -2.26. The largest absolute Gasteiger partial charge is 0.491 e. The molecule has 3 nitrogen and oxygen atoms in total. The van der Waals surface area contributed by atoms with Gasteiger partial charge in [-0.1, -0.05) is 20.1 Å². The molecule has 1 aliphatic rings. The number of fused-ring (bicyclic) bond motifs is 1. The third-order valence-electron chi connectivity index (χ3n) is 4.87. The fourth-order valence-electron chi connectivity index (χ4n) is 3.14. The van der Waals surface area contributed by atoms with Crippen LogP contribution in [0.5, 0.6) is 17.2 Å². The van der Waals surface area contributed by atoms with Crippen molar-refractivity contribution in [2.45, 2.75) is 32.8 Å². The number of halogens is 6. The van der Waals surface area contributed by atoms with Crippen LogP contribution in [0.15, 0.2) is 60.2 Å².